The lowest BCUT2D eigenvalue weighted by Crippen LogP contribution is -2.28. The summed E-state index contributed by atoms with van der Waals surface area (Å²) in [7, 11) is 2.20. The van der Waals surface area contributed by atoms with Gasteiger partial charge in [0.15, 0.2) is 0 Å². The Morgan fingerprint density at radius 2 is 2.17 bits per heavy atom. The first-order valence-corrected chi connectivity index (χ1v) is 7.18. The molecular formula is C15H26N2O. The highest BCUT2D eigenvalue weighted by atomic mass is 16.3. The summed E-state index contributed by atoms with van der Waals surface area (Å²) in [5.74, 6) is 2.01. The molecule has 1 aliphatic rings. The van der Waals surface area contributed by atoms with Gasteiger partial charge in [0.1, 0.15) is 5.76 Å². The molecule has 1 fully saturated rings. The fourth-order valence-electron chi connectivity index (χ4n) is 2.77. The van der Waals surface area contributed by atoms with Crippen LogP contribution in [0, 0.1) is 12.8 Å². The Bertz CT molecular complexity index is 342. The molecule has 3 nitrogen and oxygen atoms in total. The van der Waals surface area contributed by atoms with Gasteiger partial charge in [0.2, 0.25) is 0 Å². The van der Waals surface area contributed by atoms with Crippen molar-refractivity contribution < 1.29 is 4.42 Å². The predicted molar refractivity (Wildman–Crippen MR) is 74.6 cm³/mol. The molecule has 0 aliphatic carbocycles. The molecule has 0 aromatic carbocycles. The van der Waals surface area contributed by atoms with Crippen molar-refractivity contribution >= 4 is 0 Å². The molecule has 0 atom stereocenters. The highest BCUT2D eigenvalue weighted by Gasteiger charge is 2.13. The van der Waals surface area contributed by atoms with E-state index in [0.29, 0.717) is 0 Å². The average Bonchev–Trinajstić information content (AvgIpc) is 2.76. The van der Waals surface area contributed by atoms with Crippen molar-refractivity contribution in [3.63, 3.8) is 0 Å². The van der Waals surface area contributed by atoms with Crippen LogP contribution in [0.1, 0.15) is 37.0 Å². The molecule has 2 heterocycles. The SMILES string of the molecule is Cc1occc1CN(C)CCCC1CCNCC1. The predicted octanol–water partition coefficient (Wildman–Crippen LogP) is 2.80. The largest absolute Gasteiger partial charge is 0.469 e. The minimum absolute atomic E-state index is 0.954. The average molecular weight is 250 g/mol. The molecule has 0 amide bonds. The van der Waals surface area contributed by atoms with Gasteiger partial charge in [-0.05, 0) is 71.3 Å². The first-order valence-electron chi connectivity index (χ1n) is 7.18. The lowest BCUT2D eigenvalue weighted by Gasteiger charge is -2.23. The van der Waals surface area contributed by atoms with E-state index in [0.717, 1.165) is 18.2 Å². The van der Waals surface area contributed by atoms with Gasteiger partial charge in [0, 0.05) is 12.1 Å². The van der Waals surface area contributed by atoms with Gasteiger partial charge in [0.05, 0.1) is 6.26 Å². The smallest absolute Gasteiger partial charge is 0.105 e. The molecule has 1 N–H and O–H groups in total. The van der Waals surface area contributed by atoms with Gasteiger partial charge in [-0.15, -0.1) is 0 Å². The van der Waals surface area contributed by atoms with Crippen LogP contribution in [-0.4, -0.2) is 31.6 Å². The molecule has 0 unspecified atom stereocenters. The standard InChI is InChI=1S/C15H26N2O/c1-13-15(7-11-18-13)12-17(2)10-3-4-14-5-8-16-9-6-14/h7,11,14,16H,3-6,8-10,12H2,1-2H3. The van der Waals surface area contributed by atoms with Gasteiger partial charge in [-0.2, -0.15) is 0 Å². The van der Waals surface area contributed by atoms with Gasteiger partial charge < -0.3 is 14.6 Å². The first kappa shape index (κ1) is 13.6. The second-order valence-corrected chi connectivity index (χ2v) is 5.58. The van der Waals surface area contributed by atoms with Crippen LogP contribution in [0.2, 0.25) is 0 Å². The van der Waals surface area contributed by atoms with Crippen LogP contribution in [0.15, 0.2) is 16.7 Å². The number of rotatable bonds is 6. The van der Waals surface area contributed by atoms with Crippen LogP contribution in [0.5, 0.6) is 0 Å². The third-order valence-corrected chi connectivity index (χ3v) is 4.02. The fraction of sp³-hybridized carbons (Fsp3) is 0.733. The Morgan fingerprint density at radius 3 is 2.83 bits per heavy atom. The zero-order valence-electron chi connectivity index (χ0n) is 11.7. The third-order valence-electron chi connectivity index (χ3n) is 4.02. The summed E-state index contributed by atoms with van der Waals surface area (Å²) in [5.41, 5.74) is 1.32. The summed E-state index contributed by atoms with van der Waals surface area (Å²) in [5, 5.41) is 3.43. The maximum atomic E-state index is 5.33. The maximum absolute atomic E-state index is 5.33. The van der Waals surface area contributed by atoms with Crippen molar-refractivity contribution in [2.24, 2.45) is 5.92 Å². The molecule has 0 saturated carbocycles. The molecule has 0 radical (unpaired) electrons. The second-order valence-electron chi connectivity index (χ2n) is 5.58. The molecule has 0 bridgehead atoms. The highest BCUT2D eigenvalue weighted by molar-refractivity contribution is 5.14. The van der Waals surface area contributed by atoms with Crippen LogP contribution in [0.4, 0.5) is 0 Å². The van der Waals surface area contributed by atoms with Gasteiger partial charge in [-0.1, -0.05) is 0 Å². The fourth-order valence-corrected chi connectivity index (χ4v) is 2.77. The van der Waals surface area contributed by atoms with Crippen molar-refractivity contribution in [3.05, 3.63) is 23.7 Å². The van der Waals surface area contributed by atoms with Gasteiger partial charge >= 0.3 is 0 Å². The van der Waals surface area contributed by atoms with Crippen LogP contribution in [-0.2, 0) is 6.54 Å². The molecule has 102 valence electrons. The van der Waals surface area contributed by atoms with Crippen LogP contribution < -0.4 is 5.32 Å². The summed E-state index contributed by atoms with van der Waals surface area (Å²) >= 11 is 0. The van der Waals surface area contributed by atoms with E-state index in [-0.39, 0.29) is 0 Å². The van der Waals surface area contributed by atoms with Gasteiger partial charge in [-0.25, -0.2) is 0 Å². The van der Waals surface area contributed by atoms with Crippen LogP contribution in [0.25, 0.3) is 0 Å². The van der Waals surface area contributed by atoms with Crippen molar-refractivity contribution in [1.82, 2.24) is 10.2 Å². The molecule has 0 spiro atoms. The molecule has 1 aromatic rings. The second kappa shape index (κ2) is 6.95. The Balaban J connectivity index is 1.62. The van der Waals surface area contributed by atoms with Crippen molar-refractivity contribution in [2.75, 3.05) is 26.7 Å². The summed E-state index contributed by atoms with van der Waals surface area (Å²) in [4.78, 5) is 2.40. The number of hydrogen-bond donors (Lipinski definition) is 1. The van der Waals surface area contributed by atoms with Gasteiger partial charge in [-0.3, -0.25) is 0 Å². The number of hydrogen-bond acceptors (Lipinski definition) is 3. The Kier molecular flexibility index (Phi) is 5.26. The number of nitrogens with zero attached hydrogens (tertiary/aromatic N) is 1. The zero-order chi connectivity index (χ0) is 12.8. The minimum Gasteiger partial charge on any atom is -0.469 e. The Hall–Kier alpha value is -0.800. The van der Waals surface area contributed by atoms with E-state index in [1.165, 1.54) is 50.9 Å². The zero-order valence-corrected chi connectivity index (χ0v) is 11.7. The Labute approximate surface area is 111 Å². The maximum Gasteiger partial charge on any atom is 0.105 e. The first-order chi connectivity index (χ1) is 8.75. The highest BCUT2D eigenvalue weighted by Crippen LogP contribution is 2.18. The lowest BCUT2D eigenvalue weighted by molar-refractivity contribution is 0.284. The van der Waals surface area contributed by atoms with E-state index in [1.807, 2.05) is 6.92 Å². The molecule has 1 saturated heterocycles. The van der Waals surface area contributed by atoms with Crippen LogP contribution in [0.3, 0.4) is 0 Å². The van der Waals surface area contributed by atoms with E-state index in [1.54, 1.807) is 6.26 Å². The number of aryl methyl sites for hydroxylation is 1. The van der Waals surface area contributed by atoms with E-state index >= 15 is 0 Å². The number of piperidine rings is 1. The molecule has 18 heavy (non-hydrogen) atoms. The Morgan fingerprint density at radius 1 is 1.39 bits per heavy atom. The lowest BCUT2D eigenvalue weighted by atomic mass is 9.93. The van der Waals surface area contributed by atoms with Crippen LogP contribution >= 0.6 is 0 Å². The molecule has 3 heteroatoms. The van der Waals surface area contributed by atoms with Gasteiger partial charge in [0.25, 0.3) is 0 Å². The summed E-state index contributed by atoms with van der Waals surface area (Å²) in [6.45, 7) is 6.67. The van der Waals surface area contributed by atoms with E-state index in [9.17, 15) is 0 Å². The van der Waals surface area contributed by atoms with E-state index in [4.69, 9.17) is 4.42 Å². The summed E-state index contributed by atoms with van der Waals surface area (Å²) in [6.07, 6.45) is 7.22. The topological polar surface area (TPSA) is 28.4 Å². The minimum atomic E-state index is 0.954. The van der Waals surface area contributed by atoms with E-state index < -0.39 is 0 Å². The van der Waals surface area contributed by atoms with E-state index in [2.05, 4.69) is 23.3 Å². The van der Waals surface area contributed by atoms with Crippen molar-refractivity contribution in [2.45, 2.75) is 39.2 Å². The monoisotopic (exact) mass is 250 g/mol. The molecular weight excluding hydrogens is 224 g/mol. The molecule has 2 rings (SSSR count). The number of furan rings is 1. The molecule has 1 aliphatic heterocycles. The summed E-state index contributed by atoms with van der Waals surface area (Å²) in [6, 6.07) is 2.08. The normalized spacial score (nSPS) is 17.5. The van der Waals surface area contributed by atoms with Crippen molar-refractivity contribution in [3.8, 4) is 0 Å². The van der Waals surface area contributed by atoms with Crippen molar-refractivity contribution in [1.29, 1.82) is 0 Å². The summed E-state index contributed by atoms with van der Waals surface area (Å²) < 4.78 is 5.33. The number of nitrogens with one attached hydrogen (secondary N) is 1. The quantitative estimate of drug-likeness (QED) is 0.841. The third kappa shape index (κ3) is 4.14. The molecule has 1 aromatic heterocycles.